The molecule has 0 saturated carbocycles. The predicted octanol–water partition coefficient (Wildman–Crippen LogP) is 7.80. The van der Waals surface area contributed by atoms with Crippen LogP contribution in [0.3, 0.4) is 0 Å². The number of rotatable bonds is 8. The van der Waals surface area contributed by atoms with Gasteiger partial charge in [0, 0.05) is 31.6 Å². The van der Waals surface area contributed by atoms with Crippen molar-refractivity contribution in [3.05, 3.63) is 106 Å². The molecule has 2 heterocycles. The number of hydrogen-bond donors (Lipinski definition) is 0. The lowest BCUT2D eigenvalue weighted by atomic mass is 9.89. The number of benzene rings is 3. The number of fused-ring (bicyclic) bond motifs is 1. The molecular weight excluding hydrogens is 530 g/mol. The average molecular weight is 572 g/mol. The molecular formula is C33H41Cl2FN2O. The first-order chi connectivity index (χ1) is 18.0. The van der Waals surface area contributed by atoms with E-state index in [1.165, 1.54) is 47.2 Å². The van der Waals surface area contributed by atoms with E-state index < -0.39 is 0 Å². The zero-order chi connectivity index (χ0) is 25.6. The van der Waals surface area contributed by atoms with Gasteiger partial charge in [-0.2, -0.15) is 0 Å². The van der Waals surface area contributed by atoms with Crippen LogP contribution in [-0.2, 0) is 26.1 Å². The molecule has 0 atom stereocenters. The normalized spacial score (nSPS) is 16.5. The number of carbonyl (C=O) groups excluding carboxylic acids is 1. The van der Waals surface area contributed by atoms with Crippen LogP contribution in [0.2, 0.25) is 0 Å². The van der Waals surface area contributed by atoms with Crippen LogP contribution in [0.4, 0.5) is 4.39 Å². The first kappa shape index (κ1) is 31.3. The molecule has 3 aromatic carbocycles. The highest BCUT2D eigenvalue weighted by Crippen LogP contribution is 2.26. The molecule has 0 bridgehead atoms. The SMILES string of the molecule is Cc1ccccc1CN1CCC(CCC(=O)c2ccc3c(c2)CN(Cc2ccc(F)cc2)CCC3)CC1.Cl.Cl. The van der Waals surface area contributed by atoms with Crippen molar-refractivity contribution < 1.29 is 9.18 Å². The van der Waals surface area contributed by atoms with Crippen molar-refractivity contribution in [3.63, 3.8) is 0 Å². The molecule has 3 aromatic rings. The van der Waals surface area contributed by atoms with Crippen LogP contribution in [0.1, 0.15) is 70.3 Å². The molecule has 0 amide bonds. The Bertz CT molecular complexity index is 1210. The zero-order valence-electron chi connectivity index (χ0n) is 22.9. The van der Waals surface area contributed by atoms with Crippen molar-refractivity contribution in [1.82, 2.24) is 9.80 Å². The highest BCUT2D eigenvalue weighted by molar-refractivity contribution is 5.96. The summed E-state index contributed by atoms with van der Waals surface area (Å²) in [6, 6.07) is 21.8. The van der Waals surface area contributed by atoms with E-state index in [1.807, 2.05) is 18.2 Å². The van der Waals surface area contributed by atoms with E-state index in [4.69, 9.17) is 0 Å². The molecule has 2 aliphatic heterocycles. The van der Waals surface area contributed by atoms with Gasteiger partial charge in [0.2, 0.25) is 0 Å². The molecule has 3 nitrogen and oxygen atoms in total. The lowest BCUT2D eigenvalue weighted by Gasteiger charge is -2.32. The van der Waals surface area contributed by atoms with E-state index in [2.05, 4.69) is 53.1 Å². The summed E-state index contributed by atoms with van der Waals surface area (Å²) in [5.74, 6) is 0.726. The Morgan fingerprint density at radius 1 is 0.872 bits per heavy atom. The van der Waals surface area contributed by atoms with Gasteiger partial charge in [-0.15, -0.1) is 24.8 Å². The van der Waals surface area contributed by atoms with E-state index in [9.17, 15) is 9.18 Å². The van der Waals surface area contributed by atoms with Crippen LogP contribution in [0.5, 0.6) is 0 Å². The quantitative estimate of drug-likeness (QED) is 0.258. The summed E-state index contributed by atoms with van der Waals surface area (Å²) in [4.78, 5) is 18.1. The number of hydrogen-bond acceptors (Lipinski definition) is 3. The minimum Gasteiger partial charge on any atom is -0.299 e. The average Bonchev–Trinajstić information content (AvgIpc) is 3.12. The smallest absolute Gasteiger partial charge is 0.162 e. The lowest BCUT2D eigenvalue weighted by Crippen LogP contribution is -2.33. The number of piperidine rings is 1. The second kappa shape index (κ2) is 14.9. The Morgan fingerprint density at radius 3 is 2.36 bits per heavy atom. The van der Waals surface area contributed by atoms with Crippen LogP contribution < -0.4 is 0 Å². The molecule has 2 aliphatic rings. The molecule has 0 aliphatic carbocycles. The highest BCUT2D eigenvalue weighted by atomic mass is 35.5. The maximum atomic E-state index is 13.3. The van der Waals surface area contributed by atoms with Crippen molar-refractivity contribution in [2.75, 3.05) is 19.6 Å². The zero-order valence-corrected chi connectivity index (χ0v) is 24.5. The van der Waals surface area contributed by atoms with Gasteiger partial charge in [-0.1, -0.05) is 48.5 Å². The second-order valence-corrected chi connectivity index (χ2v) is 11.0. The van der Waals surface area contributed by atoms with Crippen molar-refractivity contribution in [3.8, 4) is 0 Å². The highest BCUT2D eigenvalue weighted by Gasteiger charge is 2.22. The van der Waals surface area contributed by atoms with Crippen LogP contribution in [0.15, 0.2) is 66.7 Å². The van der Waals surface area contributed by atoms with Crippen LogP contribution in [-0.4, -0.2) is 35.2 Å². The van der Waals surface area contributed by atoms with E-state index in [-0.39, 0.29) is 36.4 Å². The molecule has 6 heteroatoms. The second-order valence-electron chi connectivity index (χ2n) is 11.0. The third-order valence-corrected chi connectivity index (χ3v) is 8.30. The first-order valence-electron chi connectivity index (χ1n) is 13.9. The van der Waals surface area contributed by atoms with Gasteiger partial charge in [0.15, 0.2) is 5.78 Å². The Labute approximate surface area is 245 Å². The minimum atomic E-state index is -0.194. The summed E-state index contributed by atoms with van der Waals surface area (Å²) >= 11 is 0. The van der Waals surface area contributed by atoms with E-state index >= 15 is 0 Å². The first-order valence-corrected chi connectivity index (χ1v) is 13.9. The fourth-order valence-electron chi connectivity index (χ4n) is 5.93. The number of Topliss-reactive ketones (excluding diaryl/α,β-unsaturated/α-hetero) is 1. The number of halogens is 3. The molecule has 1 saturated heterocycles. The third kappa shape index (κ3) is 8.62. The fourth-order valence-corrected chi connectivity index (χ4v) is 5.93. The molecule has 210 valence electrons. The summed E-state index contributed by atoms with van der Waals surface area (Å²) in [6.45, 7) is 8.13. The van der Waals surface area contributed by atoms with E-state index in [0.717, 1.165) is 69.7 Å². The van der Waals surface area contributed by atoms with Crippen molar-refractivity contribution in [2.45, 2.75) is 65.1 Å². The van der Waals surface area contributed by atoms with Crippen molar-refractivity contribution in [1.29, 1.82) is 0 Å². The fraction of sp³-hybridized carbons (Fsp3) is 0.424. The maximum Gasteiger partial charge on any atom is 0.162 e. The van der Waals surface area contributed by atoms with Gasteiger partial charge in [0.25, 0.3) is 0 Å². The Hall–Kier alpha value is -2.24. The Kier molecular flexibility index (Phi) is 12.0. The molecule has 1 fully saturated rings. The monoisotopic (exact) mass is 570 g/mol. The number of nitrogens with zero attached hydrogens (tertiary/aromatic N) is 2. The van der Waals surface area contributed by atoms with Gasteiger partial charge < -0.3 is 0 Å². The van der Waals surface area contributed by atoms with Gasteiger partial charge in [0.05, 0.1) is 0 Å². The number of carbonyl (C=O) groups is 1. The number of aryl methyl sites for hydroxylation is 2. The van der Waals surface area contributed by atoms with Crippen LogP contribution >= 0.6 is 24.8 Å². The predicted molar refractivity (Wildman–Crippen MR) is 163 cm³/mol. The molecule has 5 rings (SSSR count). The van der Waals surface area contributed by atoms with Gasteiger partial charge in [-0.05, 0) is 111 Å². The van der Waals surface area contributed by atoms with Crippen molar-refractivity contribution >= 4 is 30.6 Å². The Balaban J connectivity index is 0.00000210. The molecule has 0 spiro atoms. The lowest BCUT2D eigenvalue weighted by molar-refractivity contribution is 0.0961. The summed E-state index contributed by atoms with van der Waals surface area (Å²) in [5.41, 5.74) is 7.42. The summed E-state index contributed by atoms with van der Waals surface area (Å²) in [6.07, 6.45) is 6.14. The summed E-state index contributed by atoms with van der Waals surface area (Å²) in [7, 11) is 0. The number of likely N-dealkylation sites (tertiary alicyclic amines) is 1. The largest absolute Gasteiger partial charge is 0.299 e. The third-order valence-electron chi connectivity index (χ3n) is 8.30. The Morgan fingerprint density at radius 2 is 1.62 bits per heavy atom. The topological polar surface area (TPSA) is 23.6 Å². The molecule has 39 heavy (non-hydrogen) atoms. The van der Waals surface area contributed by atoms with Gasteiger partial charge in [-0.25, -0.2) is 4.39 Å². The van der Waals surface area contributed by atoms with Gasteiger partial charge >= 0.3 is 0 Å². The molecule has 0 aromatic heterocycles. The number of ketones is 1. The summed E-state index contributed by atoms with van der Waals surface area (Å²) < 4.78 is 13.3. The molecule has 0 unspecified atom stereocenters. The standard InChI is InChI=1S/C33H39FN2O.2ClH/c1-25-5-2-3-6-30(25)23-35-19-16-26(17-20-35)10-15-33(37)29-12-11-28-7-4-18-36(24-31(28)21-29)22-27-8-13-32(34)14-9-27;;/h2-3,5-6,8-9,11-14,21,26H,4,7,10,15-20,22-24H2,1H3;2*1H. The van der Waals surface area contributed by atoms with E-state index in [0.29, 0.717) is 12.3 Å². The van der Waals surface area contributed by atoms with Crippen molar-refractivity contribution in [2.24, 2.45) is 5.92 Å². The van der Waals surface area contributed by atoms with Gasteiger partial charge in [-0.3, -0.25) is 14.6 Å². The summed E-state index contributed by atoms with van der Waals surface area (Å²) in [5, 5.41) is 0. The maximum absolute atomic E-state index is 13.3. The molecule has 0 N–H and O–H groups in total. The van der Waals surface area contributed by atoms with Gasteiger partial charge in [0.1, 0.15) is 5.82 Å². The minimum absolute atomic E-state index is 0. The van der Waals surface area contributed by atoms with E-state index in [1.54, 1.807) is 0 Å². The van der Waals surface area contributed by atoms with Crippen LogP contribution in [0.25, 0.3) is 0 Å². The molecule has 0 radical (unpaired) electrons. The van der Waals surface area contributed by atoms with Crippen LogP contribution in [0, 0.1) is 18.7 Å².